The number of anilines is 1. The first-order chi connectivity index (χ1) is 18.8. The van der Waals surface area contributed by atoms with Gasteiger partial charge in [-0.2, -0.15) is 0 Å². The second-order valence-electron chi connectivity index (χ2n) is 11.1. The highest BCUT2D eigenvalue weighted by Crippen LogP contribution is 2.25. The second-order valence-corrected chi connectivity index (χ2v) is 11.1. The van der Waals surface area contributed by atoms with E-state index in [1.165, 1.54) is 18.6 Å². The summed E-state index contributed by atoms with van der Waals surface area (Å²) in [6.45, 7) is 7.70. The number of hydrogen-bond acceptors (Lipinski definition) is 2. The number of nitrogens with one attached hydrogen (secondary N) is 1. The Bertz CT molecular complexity index is 1230. The Balaban J connectivity index is 1.52. The van der Waals surface area contributed by atoms with E-state index in [0.717, 1.165) is 48.2 Å². The van der Waals surface area contributed by atoms with Crippen molar-refractivity contribution in [2.45, 2.75) is 72.0 Å². The second kappa shape index (κ2) is 13.5. The van der Waals surface area contributed by atoms with Crippen LogP contribution in [0.25, 0.3) is 0 Å². The van der Waals surface area contributed by atoms with Crippen molar-refractivity contribution in [3.05, 3.63) is 89.5 Å². The zero-order valence-electron chi connectivity index (χ0n) is 23.4. The van der Waals surface area contributed by atoms with Crippen molar-refractivity contribution in [3.63, 3.8) is 0 Å². The van der Waals surface area contributed by atoms with Gasteiger partial charge in [-0.1, -0.05) is 57.4 Å². The number of benzene rings is 2. The van der Waals surface area contributed by atoms with Gasteiger partial charge < -0.3 is 19.7 Å². The van der Waals surface area contributed by atoms with E-state index < -0.39 is 0 Å². The van der Waals surface area contributed by atoms with Crippen LogP contribution in [0.1, 0.15) is 62.8 Å². The van der Waals surface area contributed by atoms with Crippen molar-refractivity contribution in [3.8, 4) is 0 Å². The van der Waals surface area contributed by atoms with Crippen LogP contribution < -0.4 is 5.32 Å². The smallest absolute Gasteiger partial charge is 0.322 e. The number of urea groups is 1. The molecule has 6 nitrogen and oxygen atoms in total. The maximum Gasteiger partial charge on any atom is 0.322 e. The molecule has 1 saturated carbocycles. The Morgan fingerprint density at radius 1 is 1.03 bits per heavy atom. The summed E-state index contributed by atoms with van der Waals surface area (Å²) in [5.41, 5.74) is 3.81. The van der Waals surface area contributed by atoms with Crippen molar-refractivity contribution in [2.75, 3.05) is 18.4 Å². The molecule has 2 aromatic carbocycles. The number of amides is 3. The van der Waals surface area contributed by atoms with Gasteiger partial charge in [0.1, 0.15) is 12.4 Å². The van der Waals surface area contributed by atoms with Crippen LogP contribution in [0.4, 0.5) is 14.9 Å². The molecule has 7 heteroatoms. The topological polar surface area (TPSA) is 57.6 Å². The van der Waals surface area contributed by atoms with Gasteiger partial charge >= 0.3 is 6.03 Å². The Kier molecular flexibility index (Phi) is 9.79. The Hall–Kier alpha value is -3.61. The van der Waals surface area contributed by atoms with E-state index in [2.05, 4.69) is 23.7 Å². The van der Waals surface area contributed by atoms with E-state index in [-0.39, 0.29) is 36.3 Å². The standard InChI is InChI=1S/C32H41FN4O2/c1-24(2)20-36(32(39)34-28-10-7-9-25(3)19-28)23-31(38)37(29-11-5-4-6-12-29)22-30-13-8-18-35(30)21-26-14-16-27(33)17-15-26/h7-10,13-19,24,29H,4-6,11-12,20-23H2,1-3H3,(H,34,39). The molecule has 39 heavy (non-hydrogen) atoms. The van der Waals surface area contributed by atoms with Crippen LogP contribution in [0.5, 0.6) is 0 Å². The van der Waals surface area contributed by atoms with Crippen LogP contribution in [0.2, 0.25) is 0 Å². The van der Waals surface area contributed by atoms with E-state index in [0.29, 0.717) is 19.6 Å². The van der Waals surface area contributed by atoms with E-state index in [4.69, 9.17) is 0 Å². The highest BCUT2D eigenvalue weighted by molar-refractivity contribution is 5.92. The van der Waals surface area contributed by atoms with Gasteiger partial charge in [-0.3, -0.25) is 4.79 Å². The highest BCUT2D eigenvalue weighted by atomic mass is 19.1. The van der Waals surface area contributed by atoms with Crippen molar-refractivity contribution < 1.29 is 14.0 Å². The molecule has 0 saturated heterocycles. The zero-order chi connectivity index (χ0) is 27.8. The maximum absolute atomic E-state index is 13.9. The zero-order valence-corrected chi connectivity index (χ0v) is 23.4. The van der Waals surface area contributed by atoms with Crippen LogP contribution in [0.15, 0.2) is 66.9 Å². The van der Waals surface area contributed by atoms with Gasteiger partial charge in [0.05, 0.1) is 6.54 Å². The number of aryl methyl sites for hydroxylation is 1. The van der Waals surface area contributed by atoms with Gasteiger partial charge in [-0.25, -0.2) is 9.18 Å². The number of hydrogen-bond donors (Lipinski definition) is 1. The molecular weight excluding hydrogens is 491 g/mol. The van der Waals surface area contributed by atoms with Crippen LogP contribution in [-0.2, 0) is 17.9 Å². The van der Waals surface area contributed by atoms with Crippen molar-refractivity contribution >= 4 is 17.6 Å². The maximum atomic E-state index is 13.9. The normalized spacial score (nSPS) is 13.9. The molecule has 1 N–H and O–H groups in total. The summed E-state index contributed by atoms with van der Waals surface area (Å²) in [4.78, 5) is 30.9. The van der Waals surface area contributed by atoms with Gasteiger partial charge in [0, 0.05) is 36.7 Å². The van der Waals surface area contributed by atoms with Gasteiger partial charge in [0.15, 0.2) is 0 Å². The summed E-state index contributed by atoms with van der Waals surface area (Å²) in [6.07, 6.45) is 7.36. The molecule has 1 aromatic heterocycles. The molecule has 1 fully saturated rings. The van der Waals surface area contributed by atoms with Crippen molar-refractivity contribution in [2.24, 2.45) is 5.92 Å². The minimum Gasteiger partial charge on any atom is -0.345 e. The van der Waals surface area contributed by atoms with Gasteiger partial charge in [-0.05, 0) is 73.2 Å². The lowest BCUT2D eigenvalue weighted by atomic mass is 9.94. The summed E-state index contributed by atoms with van der Waals surface area (Å²) in [5, 5.41) is 2.98. The van der Waals surface area contributed by atoms with E-state index in [1.807, 2.05) is 54.4 Å². The monoisotopic (exact) mass is 532 g/mol. The largest absolute Gasteiger partial charge is 0.345 e. The van der Waals surface area contributed by atoms with Gasteiger partial charge in [0.25, 0.3) is 0 Å². The summed E-state index contributed by atoms with van der Waals surface area (Å²) >= 11 is 0. The Morgan fingerprint density at radius 2 is 1.77 bits per heavy atom. The first-order valence-corrected chi connectivity index (χ1v) is 14.1. The number of halogens is 1. The summed E-state index contributed by atoms with van der Waals surface area (Å²) < 4.78 is 15.5. The molecule has 0 radical (unpaired) electrons. The van der Waals surface area contributed by atoms with Crippen LogP contribution >= 0.6 is 0 Å². The molecular formula is C32H41FN4O2. The van der Waals surface area contributed by atoms with Gasteiger partial charge in [-0.15, -0.1) is 0 Å². The van der Waals surface area contributed by atoms with E-state index >= 15 is 0 Å². The fourth-order valence-electron chi connectivity index (χ4n) is 5.36. The first kappa shape index (κ1) is 28.4. The van der Waals surface area contributed by atoms with Crippen LogP contribution in [0.3, 0.4) is 0 Å². The number of aromatic nitrogens is 1. The Labute approximate surface area is 231 Å². The van der Waals surface area contributed by atoms with E-state index in [1.54, 1.807) is 17.0 Å². The molecule has 3 aromatic rings. The molecule has 0 aliphatic heterocycles. The van der Waals surface area contributed by atoms with Crippen molar-refractivity contribution in [1.82, 2.24) is 14.4 Å². The number of carbonyl (C=O) groups is 2. The Morgan fingerprint density at radius 3 is 2.46 bits per heavy atom. The van der Waals surface area contributed by atoms with Crippen molar-refractivity contribution in [1.29, 1.82) is 0 Å². The highest BCUT2D eigenvalue weighted by Gasteiger charge is 2.29. The molecule has 3 amide bonds. The molecule has 1 heterocycles. The SMILES string of the molecule is Cc1cccc(NC(=O)N(CC(=O)N(Cc2cccn2Cc2ccc(F)cc2)C2CCCCC2)CC(C)C)c1. The molecule has 0 atom stereocenters. The lowest BCUT2D eigenvalue weighted by Crippen LogP contribution is -2.49. The fourth-order valence-corrected chi connectivity index (χ4v) is 5.36. The predicted molar refractivity (Wildman–Crippen MR) is 154 cm³/mol. The van der Waals surface area contributed by atoms with Crippen LogP contribution in [0, 0.1) is 18.7 Å². The lowest BCUT2D eigenvalue weighted by molar-refractivity contribution is -0.135. The third kappa shape index (κ3) is 8.19. The molecule has 0 spiro atoms. The minimum absolute atomic E-state index is 0.0310. The molecule has 0 bridgehead atoms. The quantitative estimate of drug-likeness (QED) is 0.311. The predicted octanol–water partition coefficient (Wildman–Crippen LogP) is 6.84. The number of nitrogens with zero attached hydrogens (tertiary/aromatic N) is 3. The minimum atomic E-state index is -0.258. The third-order valence-corrected chi connectivity index (χ3v) is 7.33. The molecule has 4 rings (SSSR count). The van der Waals surface area contributed by atoms with Gasteiger partial charge in [0.2, 0.25) is 5.91 Å². The first-order valence-electron chi connectivity index (χ1n) is 14.1. The molecule has 0 unspecified atom stereocenters. The molecule has 1 aliphatic carbocycles. The molecule has 1 aliphatic rings. The molecule has 208 valence electrons. The third-order valence-electron chi connectivity index (χ3n) is 7.33. The average Bonchev–Trinajstić information content (AvgIpc) is 3.34. The summed E-state index contributed by atoms with van der Waals surface area (Å²) in [7, 11) is 0. The van der Waals surface area contributed by atoms with E-state index in [9.17, 15) is 14.0 Å². The lowest BCUT2D eigenvalue weighted by Gasteiger charge is -2.36. The van der Waals surface area contributed by atoms with Crippen LogP contribution in [-0.4, -0.2) is 45.4 Å². The summed E-state index contributed by atoms with van der Waals surface area (Å²) in [5.74, 6) is -0.0634. The summed E-state index contributed by atoms with van der Waals surface area (Å²) in [6, 6.07) is 18.1. The fraction of sp³-hybridized carbons (Fsp3) is 0.438. The number of rotatable bonds is 10. The number of carbonyl (C=O) groups excluding carboxylic acids is 2. The average molecular weight is 533 g/mol.